The summed E-state index contributed by atoms with van der Waals surface area (Å²) in [7, 11) is 0. The molecule has 0 fully saturated rings. The highest BCUT2D eigenvalue weighted by atomic mass is 16.6. The first-order valence-corrected chi connectivity index (χ1v) is 10.3. The lowest BCUT2D eigenvalue weighted by molar-refractivity contribution is -0.126. The van der Waals surface area contributed by atoms with E-state index in [1.807, 2.05) is 18.4 Å². The largest absolute Gasteiger partial charge is 0.444 e. The second-order valence-electron chi connectivity index (χ2n) is 8.44. The number of rotatable bonds is 6. The number of ether oxygens (including phenoxy) is 1. The molecule has 0 saturated heterocycles. The maximum Gasteiger partial charge on any atom is 0.408 e. The van der Waals surface area contributed by atoms with Gasteiger partial charge in [0, 0.05) is 12.1 Å². The standard InChI is InChI=1S/C24H26N3O5/c1-24(2,3)32-23(31)26-21(16-9-5-4-6-10-16)22(30)25-14-20(29)27-18(15-28)13-17-11-7-8-12-19(17)27/h4-12,18,21H,13-14H2,1-3H3,(H,25,30)(H,26,31)/t18-,21-/m0/s1. The van der Waals surface area contributed by atoms with Gasteiger partial charge in [0.1, 0.15) is 17.7 Å². The highest BCUT2D eigenvalue weighted by Crippen LogP contribution is 2.31. The topological polar surface area (TPSA) is 105 Å². The Kier molecular flexibility index (Phi) is 6.92. The molecule has 2 atom stereocenters. The summed E-state index contributed by atoms with van der Waals surface area (Å²) in [5.74, 6) is -1.02. The fourth-order valence-corrected chi connectivity index (χ4v) is 3.51. The number of carbonyl (C=O) groups is 3. The highest BCUT2D eigenvalue weighted by Gasteiger charge is 2.34. The number of nitrogens with one attached hydrogen (secondary N) is 2. The Morgan fingerprint density at radius 3 is 2.41 bits per heavy atom. The van der Waals surface area contributed by atoms with Crippen LogP contribution < -0.4 is 15.5 Å². The molecule has 2 aromatic carbocycles. The van der Waals surface area contributed by atoms with Gasteiger partial charge in [0.2, 0.25) is 18.1 Å². The minimum Gasteiger partial charge on any atom is -0.444 e. The molecule has 3 amide bonds. The van der Waals surface area contributed by atoms with Gasteiger partial charge in [0.15, 0.2) is 0 Å². The lowest BCUT2D eigenvalue weighted by Gasteiger charge is -2.24. The summed E-state index contributed by atoms with van der Waals surface area (Å²) in [5.41, 5.74) is 1.30. The fraction of sp³-hybridized carbons (Fsp3) is 0.333. The number of para-hydroxylation sites is 1. The second-order valence-corrected chi connectivity index (χ2v) is 8.44. The van der Waals surface area contributed by atoms with Crippen LogP contribution in [-0.4, -0.2) is 42.4 Å². The molecule has 8 heteroatoms. The van der Waals surface area contributed by atoms with Crippen molar-refractivity contribution in [2.75, 3.05) is 11.4 Å². The second kappa shape index (κ2) is 9.64. The molecule has 0 aliphatic carbocycles. The average molecular weight is 436 g/mol. The van der Waals surface area contributed by atoms with E-state index < -0.39 is 35.6 Å². The van der Waals surface area contributed by atoms with Crippen LogP contribution in [0.1, 0.15) is 37.9 Å². The molecule has 2 N–H and O–H groups in total. The van der Waals surface area contributed by atoms with Crippen LogP contribution in [0.4, 0.5) is 10.5 Å². The van der Waals surface area contributed by atoms with E-state index in [1.54, 1.807) is 63.2 Å². The molecule has 0 aromatic heterocycles. The summed E-state index contributed by atoms with van der Waals surface area (Å²) in [6, 6.07) is 14.1. The molecule has 0 saturated carbocycles. The Bertz CT molecular complexity index is 1000. The van der Waals surface area contributed by atoms with Gasteiger partial charge in [-0.3, -0.25) is 19.3 Å². The van der Waals surface area contributed by atoms with E-state index in [9.17, 15) is 19.2 Å². The van der Waals surface area contributed by atoms with E-state index in [-0.39, 0.29) is 6.54 Å². The summed E-state index contributed by atoms with van der Waals surface area (Å²) in [6.45, 7) is 4.82. The number of alkyl carbamates (subject to hydrolysis) is 1. The minimum atomic E-state index is -1.06. The number of anilines is 1. The Morgan fingerprint density at radius 1 is 1.09 bits per heavy atom. The van der Waals surface area contributed by atoms with Crippen molar-refractivity contribution < 1.29 is 23.9 Å². The molecule has 3 rings (SSSR count). The summed E-state index contributed by atoms with van der Waals surface area (Å²) < 4.78 is 5.27. The molecule has 1 aliphatic rings. The zero-order valence-corrected chi connectivity index (χ0v) is 18.3. The van der Waals surface area contributed by atoms with E-state index in [4.69, 9.17) is 4.74 Å². The third-order valence-corrected chi connectivity index (χ3v) is 4.85. The molecule has 0 bridgehead atoms. The molecule has 1 radical (unpaired) electrons. The first-order chi connectivity index (χ1) is 15.2. The number of fused-ring (bicyclic) bond motifs is 1. The molecule has 32 heavy (non-hydrogen) atoms. The van der Waals surface area contributed by atoms with Gasteiger partial charge < -0.3 is 15.4 Å². The summed E-state index contributed by atoms with van der Waals surface area (Å²) in [5, 5.41) is 5.13. The number of nitrogens with zero attached hydrogens (tertiary/aromatic N) is 1. The van der Waals surface area contributed by atoms with Gasteiger partial charge in [-0.1, -0.05) is 48.5 Å². The van der Waals surface area contributed by atoms with Crippen LogP contribution in [0, 0.1) is 0 Å². The Morgan fingerprint density at radius 2 is 1.75 bits per heavy atom. The van der Waals surface area contributed by atoms with E-state index in [0.717, 1.165) is 5.56 Å². The van der Waals surface area contributed by atoms with Crippen LogP contribution in [0.15, 0.2) is 54.6 Å². The molecule has 0 unspecified atom stereocenters. The zero-order chi connectivity index (χ0) is 23.3. The van der Waals surface area contributed by atoms with Crippen molar-refractivity contribution in [2.24, 2.45) is 0 Å². The van der Waals surface area contributed by atoms with E-state index in [2.05, 4.69) is 10.6 Å². The third-order valence-electron chi connectivity index (χ3n) is 4.85. The number of benzene rings is 2. The first kappa shape index (κ1) is 23.0. The van der Waals surface area contributed by atoms with Gasteiger partial charge >= 0.3 is 6.09 Å². The average Bonchev–Trinajstić information content (AvgIpc) is 3.14. The van der Waals surface area contributed by atoms with Gasteiger partial charge in [-0.25, -0.2) is 4.79 Å². The van der Waals surface area contributed by atoms with Gasteiger partial charge in [0.25, 0.3) is 0 Å². The molecule has 1 heterocycles. The Hall–Kier alpha value is -3.68. The van der Waals surface area contributed by atoms with Gasteiger partial charge in [-0.05, 0) is 38.0 Å². The van der Waals surface area contributed by atoms with Gasteiger partial charge in [-0.2, -0.15) is 0 Å². The number of hydrogen-bond acceptors (Lipinski definition) is 5. The minimum absolute atomic E-state index is 0.343. The van der Waals surface area contributed by atoms with Crippen molar-refractivity contribution in [1.29, 1.82) is 0 Å². The molecular weight excluding hydrogens is 410 g/mol. The third kappa shape index (κ3) is 5.51. The maximum atomic E-state index is 12.9. The number of carbonyl (C=O) groups excluding carboxylic acids is 4. The first-order valence-electron chi connectivity index (χ1n) is 10.3. The predicted octanol–water partition coefficient (Wildman–Crippen LogP) is 2.44. The molecule has 8 nitrogen and oxygen atoms in total. The monoisotopic (exact) mass is 436 g/mol. The summed E-state index contributed by atoms with van der Waals surface area (Å²) in [6.07, 6.45) is 1.52. The van der Waals surface area contributed by atoms with E-state index >= 15 is 0 Å². The Labute approximate surface area is 186 Å². The van der Waals surface area contributed by atoms with Crippen molar-refractivity contribution in [1.82, 2.24) is 10.6 Å². The van der Waals surface area contributed by atoms with Crippen molar-refractivity contribution in [2.45, 2.75) is 44.9 Å². The van der Waals surface area contributed by atoms with Crippen LogP contribution in [-0.2, 0) is 25.5 Å². The van der Waals surface area contributed by atoms with Gasteiger partial charge in [0.05, 0.1) is 6.54 Å². The van der Waals surface area contributed by atoms with Crippen molar-refractivity contribution in [3.05, 3.63) is 65.7 Å². The van der Waals surface area contributed by atoms with Crippen LogP contribution in [0.2, 0.25) is 0 Å². The van der Waals surface area contributed by atoms with Crippen LogP contribution in [0.5, 0.6) is 0 Å². The van der Waals surface area contributed by atoms with Crippen LogP contribution >= 0.6 is 0 Å². The van der Waals surface area contributed by atoms with E-state index in [0.29, 0.717) is 17.7 Å². The van der Waals surface area contributed by atoms with Crippen molar-refractivity contribution in [3.63, 3.8) is 0 Å². The summed E-state index contributed by atoms with van der Waals surface area (Å²) >= 11 is 0. The number of hydrogen-bond donors (Lipinski definition) is 2. The summed E-state index contributed by atoms with van der Waals surface area (Å²) in [4.78, 5) is 50.8. The molecule has 1 aliphatic heterocycles. The van der Waals surface area contributed by atoms with Crippen LogP contribution in [0.3, 0.4) is 0 Å². The zero-order valence-electron chi connectivity index (χ0n) is 18.3. The molecule has 2 aromatic rings. The molecule has 167 valence electrons. The molecular formula is C24H26N3O5. The predicted molar refractivity (Wildman–Crippen MR) is 119 cm³/mol. The van der Waals surface area contributed by atoms with Crippen molar-refractivity contribution in [3.8, 4) is 0 Å². The van der Waals surface area contributed by atoms with Gasteiger partial charge in [-0.15, -0.1) is 0 Å². The maximum absolute atomic E-state index is 12.9. The Balaban J connectivity index is 1.71. The number of amides is 3. The lowest BCUT2D eigenvalue weighted by Crippen LogP contribution is -2.48. The SMILES string of the molecule is CC(C)(C)OC(=O)N[C@H](C(=O)NCC(=O)N1c2ccccc2C[C@H]1[C]=O)c1ccccc1. The lowest BCUT2D eigenvalue weighted by atomic mass is 10.1. The molecule has 0 spiro atoms. The smallest absolute Gasteiger partial charge is 0.408 e. The highest BCUT2D eigenvalue weighted by molar-refractivity contribution is 6.02. The van der Waals surface area contributed by atoms with E-state index in [1.165, 1.54) is 4.90 Å². The fourth-order valence-electron chi connectivity index (χ4n) is 3.51. The van der Waals surface area contributed by atoms with Crippen LogP contribution in [0.25, 0.3) is 0 Å². The quantitative estimate of drug-likeness (QED) is 0.724. The van der Waals surface area contributed by atoms with Crippen molar-refractivity contribution >= 4 is 29.9 Å². The normalized spacial score (nSPS) is 16.0.